The lowest BCUT2D eigenvalue weighted by Crippen LogP contribution is -2.14. The summed E-state index contributed by atoms with van der Waals surface area (Å²) in [6, 6.07) is 22.4. The van der Waals surface area contributed by atoms with E-state index in [4.69, 9.17) is 14.6 Å². The van der Waals surface area contributed by atoms with Gasteiger partial charge in [-0.3, -0.25) is 0 Å². The minimum Gasteiger partial charge on any atom is -0.490 e. The molecule has 6 heteroatoms. The maximum atomic E-state index is 6.08. The van der Waals surface area contributed by atoms with E-state index in [0.29, 0.717) is 13.2 Å². The summed E-state index contributed by atoms with van der Waals surface area (Å²) in [5.41, 5.74) is 1.96. The highest BCUT2D eigenvalue weighted by atomic mass is 79.9. The third kappa shape index (κ3) is 4.71. The van der Waals surface area contributed by atoms with Crippen molar-refractivity contribution >= 4 is 42.6 Å². The van der Waals surface area contributed by atoms with Crippen LogP contribution in [0.25, 0.3) is 22.0 Å². The molecule has 0 aliphatic heterocycles. The summed E-state index contributed by atoms with van der Waals surface area (Å²) in [4.78, 5) is 0. The summed E-state index contributed by atoms with van der Waals surface area (Å²) in [6.45, 7) is 5.09. The van der Waals surface area contributed by atoms with Crippen LogP contribution in [0.5, 0.6) is 11.6 Å². The predicted molar refractivity (Wildman–Crippen MR) is 128 cm³/mol. The van der Waals surface area contributed by atoms with Crippen LogP contribution >= 0.6 is 31.9 Å². The zero-order valence-corrected chi connectivity index (χ0v) is 20.0. The van der Waals surface area contributed by atoms with Crippen molar-refractivity contribution in [3.05, 3.63) is 75.7 Å². The summed E-state index contributed by atoms with van der Waals surface area (Å²) in [5.74, 6) is 1.56. The first-order valence-electron chi connectivity index (χ1n) is 9.82. The van der Waals surface area contributed by atoms with E-state index < -0.39 is 0 Å². The number of benzene rings is 3. The van der Waals surface area contributed by atoms with Gasteiger partial charge in [0.15, 0.2) is 0 Å². The van der Waals surface area contributed by atoms with Crippen molar-refractivity contribution < 1.29 is 9.47 Å². The van der Waals surface area contributed by atoms with Crippen molar-refractivity contribution in [2.45, 2.75) is 26.5 Å². The van der Waals surface area contributed by atoms with E-state index in [2.05, 4.69) is 50.1 Å². The van der Waals surface area contributed by atoms with Crippen molar-refractivity contribution in [1.82, 2.24) is 9.78 Å². The van der Waals surface area contributed by atoms with Gasteiger partial charge in [-0.1, -0.05) is 58.4 Å². The maximum Gasteiger partial charge on any atom is 0.212 e. The van der Waals surface area contributed by atoms with Gasteiger partial charge in [-0.25, -0.2) is 4.68 Å². The van der Waals surface area contributed by atoms with E-state index in [0.717, 1.165) is 42.6 Å². The third-order valence-corrected chi connectivity index (χ3v) is 5.92. The molecule has 0 saturated heterocycles. The first kappa shape index (κ1) is 20.9. The molecule has 0 unspecified atom stereocenters. The van der Waals surface area contributed by atoms with E-state index in [9.17, 15) is 0 Å². The molecule has 30 heavy (non-hydrogen) atoms. The van der Waals surface area contributed by atoms with Gasteiger partial charge in [0.05, 0.1) is 22.8 Å². The monoisotopic (exact) mass is 528 g/mol. The van der Waals surface area contributed by atoms with Gasteiger partial charge < -0.3 is 9.47 Å². The quantitative estimate of drug-likeness (QED) is 0.256. The molecule has 0 bridgehead atoms. The number of nitrogens with zero attached hydrogens (tertiary/aromatic N) is 2. The first-order valence-corrected chi connectivity index (χ1v) is 11.4. The molecule has 0 aliphatic rings. The number of hydrogen-bond donors (Lipinski definition) is 0. The number of aromatic nitrogens is 2. The Bertz CT molecular complexity index is 1160. The van der Waals surface area contributed by atoms with Crippen molar-refractivity contribution in [2.24, 2.45) is 0 Å². The van der Waals surface area contributed by atoms with Crippen LogP contribution in [-0.4, -0.2) is 22.5 Å². The largest absolute Gasteiger partial charge is 0.490 e. The van der Waals surface area contributed by atoms with Crippen LogP contribution in [0.4, 0.5) is 0 Å². The second kappa shape index (κ2) is 9.23. The van der Waals surface area contributed by atoms with Gasteiger partial charge in [0.25, 0.3) is 0 Å². The molecule has 0 saturated carbocycles. The second-order valence-electron chi connectivity index (χ2n) is 7.22. The fourth-order valence-corrected chi connectivity index (χ4v) is 4.23. The summed E-state index contributed by atoms with van der Waals surface area (Å²) >= 11 is 7.20. The molecule has 4 aromatic rings. The van der Waals surface area contributed by atoms with E-state index in [1.807, 2.05) is 67.1 Å². The molecule has 0 aliphatic carbocycles. The van der Waals surface area contributed by atoms with Gasteiger partial charge >= 0.3 is 0 Å². The number of fused-ring (bicyclic) bond motifs is 1. The zero-order valence-electron chi connectivity index (χ0n) is 16.8. The Morgan fingerprint density at radius 3 is 2.53 bits per heavy atom. The highest BCUT2D eigenvalue weighted by molar-refractivity contribution is 9.11. The molecule has 0 amide bonds. The molecule has 0 atom stereocenters. The first-order chi connectivity index (χ1) is 14.5. The van der Waals surface area contributed by atoms with E-state index >= 15 is 0 Å². The van der Waals surface area contributed by atoms with Gasteiger partial charge in [0.2, 0.25) is 5.88 Å². The molecule has 0 fully saturated rings. The predicted octanol–water partition coefficient (Wildman–Crippen LogP) is 7.09. The Morgan fingerprint density at radius 1 is 0.967 bits per heavy atom. The summed E-state index contributed by atoms with van der Waals surface area (Å²) < 4.78 is 15.9. The summed E-state index contributed by atoms with van der Waals surface area (Å²) in [6.07, 6.45) is 0.0685. The lowest BCUT2D eigenvalue weighted by Gasteiger charge is -2.13. The van der Waals surface area contributed by atoms with E-state index in [1.165, 1.54) is 0 Å². The average Bonchev–Trinajstić information content (AvgIpc) is 3.12. The average molecular weight is 530 g/mol. The second-order valence-corrected chi connectivity index (χ2v) is 8.92. The fraction of sp³-hybridized carbons (Fsp3) is 0.208. The molecule has 4 rings (SSSR count). The molecule has 0 spiro atoms. The SMILES string of the molecule is CC(C)Oc1cc(-c2ccccc2)nn1CCOc1ccc2cc(Br)ccc2c1Br. The zero-order chi connectivity index (χ0) is 21.1. The molecule has 3 aromatic carbocycles. The van der Waals surface area contributed by atoms with Crippen molar-refractivity contribution in [2.75, 3.05) is 6.61 Å². The maximum absolute atomic E-state index is 6.08. The Hall–Kier alpha value is -2.31. The van der Waals surface area contributed by atoms with Gasteiger partial charge in [-0.05, 0) is 58.7 Å². The minimum atomic E-state index is 0.0685. The lowest BCUT2D eigenvalue weighted by atomic mass is 10.1. The van der Waals surface area contributed by atoms with Crippen LogP contribution in [-0.2, 0) is 6.54 Å². The van der Waals surface area contributed by atoms with E-state index in [-0.39, 0.29) is 6.10 Å². The van der Waals surface area contributed by atoms with Crippen LogP contribution in [0, 0.1) is 0 Å². The van der Waals surface area contributed by atoms with Crippen LogP contribution in [0.1, 0.15) is 13.8 Å². The Kier molecular flexibility index (Phi) is 6.44. The smallest absolute Gasteiger partial charge is 0.212 e. The number of halogens is 2. The van der Waals surface area contributed by atoms with Gasteiger partial charge in [0.1, 0.15) is 12.4 Å². The molecular weight excluding hydrogens is 508 g/mol. The highest BCUT2D eigenvalue weighted by Gasteiger charge is 2.13. The van der Waals surface area contributed by atoms with Crippen molar-refractivity contribution in [3.8, 4) is 22.9 Å². The molecule has 0 N–H and O–H groups in total. The molecule has 154 valence electrons. The highest BCUT2D eigenvalue weighted by Crippen LogP contribution is 2.34. The van der Waals surface area contributed by atoms with Gasteiger partial charge in [-0.15, -0.1) is 0 Å². The standard InChI is InChI=1S/C24H22Br2N2O2/c1-16(2)30-23-15-21(17-6-4-3-5-7-17)27-28(23)12-13-29-22-11-8-18-14-19(25)9-10-20(18)24(22)26/h3-11,14-16H,12-13H2,1-2H3. The van der Waals surface area contributed by atoms with Crippen molar-refractivity contribution in [3.63, 3.8) is 0 Å². The normalized spacial score (nSPS) is 11.2. The number of hydrogen-bond acceptors (Lipinski definition) is 3. The Balaban J connectivity index is 1.52. The van der Waals surface area contributed by atoms with Gasteiger partial charge in [-0.2, -0.15) is 5.10 Å². The summed E-state index contributed by atoms with van der Waals surface area (Å²) in [5, 5.41) is 7.01. The minimum absolute atomic E-state index is 0.0685. The third-order valence-electron chi connectivity index (χ3n) is 4.61. The molecule has 1 aromatic heterocycles. The summed E-state index contributed by atoms with van der Waals surface area (Å²) in [7, 11) is 0. The fourth-order valence-electron chi connectivity index (χ4n) is 3.24. The van der Waals surface area contributed by atoms with Crippen LogP contribution in [0.15, 0.2) is 75.7 Å². The Morgan fingerprint density at radius 2 is 1.77 bits per heavy atom. The van der Waals surface area contributed by atoms with Crippen LogP contribution in [0.2, 0.25) is 0 Å². The molecule has 0 radical (unpaired) electrons. The van der Waals surface area contributed by atoms with Gasteiger partial charge in [0, 0.05) is 16.1 Å². The Labute approximate surface area is 193 Å². The lowest BCUT2D eigenvalue weighted by molar-refractivity contribution is 0.207. The number of ether oxygens (including phenoxy) is 2. The van der Waals surface area contributed by atoms with E-state index in [1.54, 1.807) is 0 Å². The topological polar surface area (TPSA) is 36.3 Å². The van der Waals surface area contributed by atoms with Crippen LogP contribution < -0.4 is 9.47 Å². The molecular formula is C24H22Br2N2O2. The molecule has 4 nitrogen and oxygen atoms in total. The van der Waals surface area contributed by atoms with Crippen molar-refractivity contribution in [1.29, 1.82) is 0 Å². The number of rotatable bonds is 7. The molecule has 1 heterocycles. The van der Waals surface area contributed by atoms with Crippen LogP contribution in [0.3, 0.4) is 0 Å².